The molecule has 8 heteroatoms. The third-order valence-corrected chi connectivity index (χ3v) is 5.89. The van der Waals surface area contributed by atoms with Gasteiger partial charge in [0.2, 0.25) is 5.16 Å². The van der Waals surface area contributed by atoms with Crippen LogP contribution in [0.25, 0.3) is 0 Å². The summed E-state index contributed by atoms with van der Waals surface area (Å²) < 4.78 is 6.74. The highest BCUT2D eigenvalue weighted by atomic mass is 35.5. The number of nitrogens with two attached hydrogens (primary N) is 1. The van der Waals surface area contributed by atoms with E-state index in [0.717, 1.165) is 29.1 Å². The average molecular weight is 373 g/mol. The molecule has 1 aliphatic carbocycles. The summed E-state index contributed by atoms with van der Waals surface area (Å²) in [6.45, 7) is 4.29. The summed E-state index contributed by atoms with van der Waals surface area (Å²) in [6.07, 6.45) is 0.810. The van der Waals surface area contributed by atoms with E-state index < -0.39 is 4.33 Å². The number of thioether (sulfide) groups is 1. The van der Waals surface area contributed by atoms with Crippen LogP contribution in [0.2, 0.25) is 0 Å². The number of alkyl halides is 2. The lowest BCUT2D eigenvalue weighted by atomic mass is 10.1. The van der Waals surface area contributed by atoms with E-state index in [-0.39, 0.29) is 12.5 Å². The van der Waals surface area contributed by atoms with Crippen LogP contribution in [0.1, 0.15) is 23.4 Å². The molecule has 0 radical (unpaired) electrons. The third-order valence-electron chi connectivity index (χ3n) is 3.86. The zero-order valence-electron chi connectivity index (χ0n) is 12.9. The Morgan fingerprint density at radius 3 is 2.61 bits per heavy atom. The van der Waals surface area contributed by atoms with Gasteiger partial charge in [-0.3, -0.25) is 0 Å². The molecule has 0 amide bonds. The van der Waals surface area contributed by atoms with E-state index in [4.69, 9.17) is 33.8 Å². The first-order chi connectivity index (χ1) is 10.9. The van der Waals surface area contributed by atoms with Crippen molar-refractivity contribution >= 4 is 35.0 Å². The van der Waals surface area contributed by atoms with E-state index in [1.165, 1.54) is 16.4 Å². The Bertz CT molecular complexity index is 699. The number of nitrogen functional groups attached to an aromatic ring is 1. The van der Waals surface area contributed by atoms with Gasteiger partial charge >= 0.3 is 0 Å². The van der Waals surface area contributed by atoms with Crippen LogP contribution < -0.4 is 10.6 Å². The second-order valence-corrected chi connectivity index (χ2v) is 8.28. The highest BCUT2D eigenvalue weighted by Gasteiger charge is 2.51. The molecular formula is C15H18Cl2N4OS. The third kappa shape index (κ3) is 3.70. The number of ether oxygens (including phenoxy) is 1. The number of hydrogen-bond donors (Lipinski definition) is 1. The molecule has 3 rings (SSSR count). The zero-order chi connectivity index (χ0) is 16.6. The van der Waals surface area contributed by atoms with E-state index in [1.807, 2.05) is 32.0 Å². The highest BCUT2D eigenvalue weighted by molar-refractivity contribution is 7.99. The van der Waals surface area contributed by atoms with Crippen molar-refractivity contribution < 1.29 is 4.74 Å². The number of para-hydroxylation sites is 1. The second kappa shape index (κ2) is 6.42. The molecule has 23 heavy (non-hydrogen) atoms. The molecule has 1 saturated carbocycles. The standard InChI is InChI=1S/C15H18Cl2N4OS/c1-9-4-3-5-10(2)13(9)22-7-12-19-20-14(21(12)18)23-8-11-6-15(11,16)17/h3-5,11H,6-8,18H2,1-2H3/t11-/m1/s1. The SMILES string of the molecule is Cc1cccc(C)c1OCc1nnc(SC[C@H]2CC2(Cl)Cl)n1N. The Balaban J connectivity index is 1.61. The molecule has 1 heterocycles. The van der Waals surface area contributed by atoms with E-state index in [2.05, 4.69) is 10.2 Å². The molecule has 1 atom stereocenters. The smallest absolute Gasteiger partial charge is 0.209 e. The van der Waals surface area contributed by atoms with Gasteiger partial charge in [-0.25, -0.2) is 4.68 Å². The first-order valence-corrected chi connectivity index (χ1v) is 9.01. The maximum atomic E-state index is 6.04. The van der Waals surface area contributed by atoms with Gasteiger partial charge in [-0.2, -0.15) is 0 Å². The summed E-state index contributed by atoms with van der Waals surface area (Å²) in [4.78, 5) is 0. The largest absolute Gasteiger partial charge is 0.485 e. The summed E-state index contributed by atoms with van der Waals surface area (Å²) in [5.41, 5.74) is 2.16. The van der Waals surface area contributed by atoms with Gasteiger partial charge in [-0.05, 0) is 31.4 Å². The molecule has 0 unspecified atom stereocenters. The molecule has 2 N–H and O–H groups in total. The van der Waals surface area contributed by atoms with Gasteiger partial charge in [0.1, 0.15) is 16.7 Å². The summed E-state index contributed by atoms with van der Waals surface area (Å²) >= 11 is 13.6. The topological polar surface area (TPSA) is 66.0 Å². The zero-order valence-corrected chi connectivity index (χ0v) is 15.3. The van der Waals surface area contributed by atoms with Crippen LogP contribution in [-0.4, -0.2) is 25.0 Å². The number of aromatic nitrogens is 3. The minimum atomic E-state index is -0.583. The minimum absolute atomic E-state index is 0.272. The first kappa shape index (κ1) is 16.7. The van der Waals surface area contributed by atoms with Crippen molar-refractivity contribution in [3.8, 4) is 5.75 Å². The molecule has 1 aromatic heterocycles. The Kier molecular flexibility index (Phi) is 4.67. The molecule has 5 nitrogen and oxygen atoms in total. The molecule has 0 bridgehead atoms. The Morgan fingerprint density at radius 2 is 2.00 bits per heavy atom. The van der Waals surface area contributed by atoms with Crippen molar-refractivity contribution in [3.63, 3.8) is 0 Å². The molecule has 0 saturated heterocycles. The van der Waals surface area contributed by atoms with Gasteiger partial charge in [0.05, 0.1) is 0 Å². The van der Waals surface area contributed by atoms with Crippen molar-refractivity contribution in [2.24, 2.45) is 5.92 Å². The fraction of sp³-hybridized carbons (Fsp3) is 0.467. The van der Waals surface area contributed by atoms with E-state index in [9.17, 15) is 0 Å². The van der Waals surface area contributed by atoms with Gasteiger partial charge in [-0.1, -0.05) is 30.0 Å². The van der Waals surface area contributed by atoms with Crippen LogP contribution in [0.5, 0.6) is 5.75 Å². The molecule has 1 fully saturated rings. The fourth-order valence-electron chi connectivity index (χ4n) is 2.29. The molecule has 1 aromatic carbocycles. The molecule has 0 aliphatic heterocycles. The fourth-order valence-corrected chi connectivity index (χ4v) is 4.10. The van der Waals surface area contributed by atoms with Gasteiger partial charge in [0.25, 0.3) is 0 Å². The van der Waals surface area contributed by atoms with E-state index >= 15 is 0 Å². The molecular weight excluding hydrogens is 355 g/mol. The van der Waals surface area contributed by atoms with Crippen LogP contribution in [0.4, 0.5) is 0 Å². The van der Waals surface area contributed by atoms with Crippen molar-refractivity contribution in [2.45, 2.75) is 36.4 Å². The summed E-state index contributed by atoms with van der Waals surface area (Å²) in [6, 6.07) is 6.03. The molecule has 0 spiro atoms. The van der Waals surface area contributed by atoms with Crippen molar-refractivity contribution in [1.29, 1.82) is 0 Å². The number of nitrogens with zero attached hydrogens (tertiary/aromatic N) is 3. The van der Waals surface area contributed by atoms with Crippen LogP contribution in [-0.2, 0) is 6.61 Å². The second-order valence-electron chi connectivity index (χ2n) is 5.75. The van der Waals surface area contributed by atoms with Gasteiger partial charge in [0, 0.05) is 11.7 Å². The number of hydrogen-bond acceptors (Lipinski definition) is 5. The lowest BCUT2D eigenvalue weighted by Gasteiger charge is -2.11. The molecule has 1 aliphatic rings. The van der Waals surface area contributed by atoms with Crippen LogP contribution in [0, 0.1) is 19.8 Å². The maximum absolute atomic E-state index is 6.04. The average Bonchev–Trinajstić information content (AvgIpc) is 2.95. The number of benzene rings is 1. The number of halogens is 2. The van der Waals surface area contributed by atoms with Gasteiger partial charge in [0.15, 0.2) is 5.82 Å². The lowest BCUT2D eigenvalue weighted by molar-refractivity contribution is 0.288. The minimum Gasteiger partial charge on any atom is -0.485 e. The molecule has 2 aromatic rings. The highest BCUT2D eigenvalue weighted by Crippen LogP contribution is 2.54. The van der Waals surface area contributed by atoms with Crippen molar-refractivity contribution in [3.05, 3.63) is 35.2 Å². The summed E-state index contributed by atoms with van der Waals surface area (Å²) in [5.74, 6) is 8.54. The monoisotopic (exact) mass is 372 g/mol. The van der Waals surface area contributed by atoms with Gasteiger partial charge in [-0.15, -0.1) is 33.4 Å². The van der Waals surface area contributed by atoms with Gasteiger partial charge < -0.3 is 10.6 Å². The Morgan fingerprint density at radius 1 is 1.35 bits per heavy atom. The van der Waals surface area contributed by atoms with Crippen LogP contribution in [0.15, 0.2) is 23.4 Å². The Labute approximate surface area is 149 Å². The number of rotatable bonds is 6. The summed E-state index contributed by atoms with van der Waals surface area (Å²) in [7, 11) is 0. The summed E-state index contributed by atoms with van der Waals surface area (Å²) in [5, 5.41) is 8.85. The Hall–Kier alpha value is -1.11. The predicted molar refractivity (Wildman–Crippen MR) is 93.7 cm³/mol. The van der Waals surface area contributed by atoms with E-state index in [1.54, 1.807) is 0 Å². The predicted octanol–water partition coefficient (Wildman–Crippen LogP) is 3.47. The van der Waals surface area contributed by atoms with E-state index in [0.29, 0.717) is 11.0 Å². The first-order valence-electron chi connectivity index (χ1n) is 7.27. The maximum Gasteiger partial charge on any atom is 0.209 e. The number of aryl methyl sites for hydroxylation is 2. The van der Waals surface area contributed by atoms with Crippen molar-refractivity contribution in [2.75, 3.05) is 11.6 Å². The molecule has 124 valence electrons. The van der Waals surface area contributed by atoms with Crippen molar-refractivity contribution in [1.82, 2.24) is 14.9 Å². The van der Waals surface area contributed by atoms with Crippen LogP contribution in [0.3, 0.4) is 0 Å². The van der Waals surface area contributed by atoms with Crippen LogP contribution >= 0.6 is 35.0 Å². The normalized spacial score (nSPS) is 18.9. The lowest BCUT2D eigenvalue weighted by Crippen LogP contribution is -2.16. The quantitative estimate of drug-likeness (QED) is 0.477.